The van der Waals surface area contributed by atoms with Crippen LogP contribution in [0.2, 0.25) is 0 Å². The van der Waals surface area contributed by atoms with Gasteiger partial charge in [0.25, 0.3) is 10.0 Å². The Labute approximate surface area is 164 Å². The molecule has 1 amide bonds. The zero-order valence-corrected chi connectivity index (χ0v) is 17.4. The number of nitrogens with zero attached hydrogens (tertiary/aromatic N) is 2. The van der Waals surface area contributed by atoms with Crippen LogP contribution < -0.4 is 10.0 Å². The van der Waals surface area contributed by atoms with Crippen LogP contribution in [0.4, 0.5) is 11.6 Å². The standard InChI is InChI=1S/C17H22N4O5S2/c1-12-11-13(2)19-17(18-12)21-28(25,26)15-8-6-14(7-9-15)20-16(22)5-4-10-27(3,23)24/h6-9,11H,4-5,10H2,1-3H3,(H,20,22)(H,18,19,21). The van der Waals surface area contributed by atoms with Crippen molar-refractivity contribution in [3.8, 4) is 0 Å². The number of sulfonamides is 1. The minimum atomic E-state index is -3.88. The lowest BCUT2D eigenvalue weighted by atomic mass is 10.3. The maximum absolute atomic E-state index is 12.5. The Bertz CT molecular complexity index is 1040. The number of benzene rings is 1. The van der Waals surface area contributed by atoms with Gasteiger partial charge in [-0.2, -0.15) is 0 Å². The van der Waals surface area contributed by atoms with Crippen LogP contribution >= 0.6 is 0 Å². The van der Waals surface area contributed by atoms with Crippen LogP contribution in [0.25, 0.3) is 0 Å². The van der Waals surface area contributed by atoms with Crippen molar-refractivity contribution in [2.45, 2.75) is 31.6 Å². The first-order valence-corrected chi connectivity index (χ1v) is 11.9. The first-order chi connectivity index (χ1) is 12.9. The molecule has 0 spiro atoms. The largest absolute Gasteiger partial charge is 0.326 e. The number of aromatic nitrogens is 2. The second-order valence-corrected chi connectivity index (χ2v) is 10.3. The molecule has 0 fully saturated rings. The highest BCUT2D eigenvalue weighted by Gasteiger charge is 2.16. The fourth-order valence-corrected chi connectivity index (χ4v) is 4.00. The molecule has 0 aliphatic carbocycles. The van der Waals surface area contributed by atoms with Crippen molar-refractivity contribution in [3.63, 3.8) is 0 Å². The van der Waals surface area contributed by atoms with E-state index in [4.69, 9.17) is 0 Å². The second kappa shape index (κ2) is 8.65. The number of hydrogen-bond donors (Lipinski definition) is 2. The highest BCUT2D eigenvalue weighted by molar-refractivity contribution is 7.92. The van der Waals surface area contributed by atoms with Crippen molar-refractivity contribution in [1.29, 1.82) is 0 Å². The first-order valence-electron chi connectivity index (χ1n) is 8.37. The minimum Gasteiger partial charge on any atom is -0.326 e. The Morgan fingerprint density at radius 1 is 1.00 bits per heavy atom. The molecule has 0 radical (unpaired) electrons. The molecule has 9 nitrogen and oxygen atoms in total. The van der Waals surface area contributed by atoms with Gasteiger partial charge in [-0.15, -0.1) is 0 Å². The molecule has 0 bridgehead atoms. The Kier molecular flexibility index (Phi) is 6.73. The molecule has 0 aliphatic rings. The van der Waals surface area contributed by atoms with E-state index in [2.05, 4.69) is 20.0 Å². The van der Waals surface area contributed by atoms with Gasteiger partial charge in [0.15, 0.2) is 0 Å². The maximum Gasteiger partial charge on any atom is 0.264 e. The molecule has 0 aliphatic heterocycles. The lowest BCUT2D eigenvalue weighted by Crippen LogP contribution is -2.16. The maximum atomic E-state index is 12.5. The molecule has 11 heteroatoms. The van der Waals surface area contributed by atoms with E-state index in [1.165, 1.54) is 24.3 Å². The Balaban J connectivity index is 2.01. The summed E-state index contributed by atoms with van der Waals surface area (Å²) < 4.78 is 49.4. The molecule has 1 aromatic carbocycles. The zero-order chi connectivity index (χ0) is 20.9. The third kappa shape index (κ3) is 6.89. The van der Waals surface area contributed by atoms with Gasteiger partial charge in [0.2, 0.25) is 11.9 Å². The molecular formula is C17H22N4O5S2. The van der Waals surface area contributed by atoms with Crippen molar-refractivity contribution in [3.05, 3.63) is 41.7 Å². The van der Waals surface area contributed by atoms with Gasteiger partial charge in [0, 0.05) is 29.8 Å². The van der Waals surface area contributed by atoms with Gasteiger partial charge >= 0.3 is 0 Å². The average Bonchev–Trinajstić information content (AvgIpc) is 2.52. The predicted molar refractivity (Wildman–Crippen MR) is 106 cm³/mol. The summed E-state index contributed by atoms with van der Waals surface area (Å²) >= 11 is 0. The molecule has 28 heavy (non-hydrogen) atoms. The van der Waals surface area contributed by atoms with Gasteiger partial charge in [-0.05, 0) is 50.6 Å². The van der Waals surface area contributed by atoms with Gasteiger partial charge in [0.05, 0.1) is 10.6 Å². The van der Waals surface area contributed by atoms with Crippen LogP contribution in [-0.2, 0) is 24.7 Å². The highest BCUT2D eigenvalue weighted by atomic mass is 32.2. The van der Waals surface area contributed by atoms with E-state index in [1.54, 1.807) is 19.9 Å². The van der Waals surface area contributed by atoms with E-state index < -0.39 is 19.9 Å². The van der Waals surface area contributed by atoms with E-state index >= 15 is 0 Å². The monoisotopic (exact) mass is 426 g/mol. The van der Waals surface area contributed by atoms with Gasteiger partial charge in [-0.3, -0.25) is 4.79 Å². The SMILES string of the molecule is Cc1cc(C)nc(NS(=O)(=O)c2ccc(NC(=O)CCCS(C)(=O)=O)cc2)n1. The topological polar surface area (TPSA) is 135 Å². The van der Waals surface area contributed by atoms with Gasteiger partial charge in [-0.25, -0.2) is 31.5 Å². The average molecular weight is 427 g/mol. The molecule has 1 heterocycles. The molecule has 2 aromatic rings. The van der Waals surface area contributed by atoms with E-state index in [1.807, 2.05) is 0 Å². The fourth-order valence-electron chi connectivity index (χ4n) is 2.39. The van der Waals surface area contributed by atoms with Crippen LogP contribution in [0.1, 0.15) is 24.2 Å². The van der Waals surface area contributed by atoms with Crippen molar-refractivity contribution in [2.75, 3.05) is 22.0 Å². The smallest absolute Gasteiger partial charge is 0.264 e. The molecular weight excluding hydrogens is 404 g/mol. The molecule has 1 aromatic heterocycles. The van der Waals surface area contributed by atoms with Crippen LogP contribution in [0.3, 0.4) is 0 Å². The van der Waals surface area contributed by atoms with Crippen molar-refractivity contribution in [1.82, 2.24) is 9.97 Å². The van der Waals surface area contributed by atoms with E-state index in [0.717, 1.165) is 6.26 Å². The number of sulfone groups is 1. The Morgan fingerprint density at radius 2 is 1.57 bits per heavy atom. The molecule has 152 valence electrons. The number of rotatable bonds is 8. The molecule has 2 N–H and O–H groups in total. The normalized spacial score (nSPS) is 11.8. The van der Waals surface area contributed by atoms with E-state index in [9.17, 15) is 21.6 Å². The first kappa shape index (κ1) is 21.8. The van der Waals surface area contributed by atoms with E-state index in [0.29, 0.717) is 17.1 Å². The lowest BCUT2D eigenvalue weighted by molar-refractivity contribution is -0.116. The Morgan fingerprint density at radius 3 is 2.11 bits per heavy atom. The Hall–Kier alpha value is -2.53. The van der Waals surface area contributed by atoms with Crippen molar-refractivity contribution >= 4 is 37.4 Å². The quantitative estimate of drug-likeness (QED) is 0.655. The number of carbonyl (C=O) groups is 1. The summed E-state index contributed by atoms with van der Waals surface area (Å²) in [6, 6.07) is 7.32. The third-order valence-corrected chi connectivity index (χ3v) is 5.95. The minimum absolute atomic E-state index is 0.00895. The highest BCUT2D eigenvalue weighted by Crippen LogP contribution is 2.17. The summed E-state index contributed by atoms with van der Waals surface area (Å²) in [5.41, 5.74) is 1.68. The molecule has 0 saturated heterocycles. The second-order valence-electron chi connectivity index (χ2n) is 6.39. The van der Waals surface area contributed by atoms with Crippen LogP contribution in [-0.4, -0.2) is 44.7 Å². The summed E-state index contributed by atoms with van der Waals surface area (Å²) in [5, 5.41) is 2.60. The van der Waals surface area contributed by atoms with Gasteiger partial charge < -0.3 is 5.32 Å². The zero-order valence-electron chi connectivity index (χ0n) is 15.8. The molecule has 2 rings (SSSR count). The molecule has 0 unspecified atom stereocenters. The summed E-state index contributed by atoms with van der Waals surface area (Å²) in [5.74, 6) is -0.425. The van der Waals surface area contributed by atoms with E-state index in [-0.39, 0.29) is 35.3 Å². The summed E-state index contributed by atoms with van der Waals surface area (Å²) in [7, 11) is -6.99. The summed E-state index contributed by atoms with van der Waals surface area (Å²) in [4.78, 5) is 19.9. The lowest BCUT2D eigenvalue weighted by Gasteiger charge is -2.09. The van der Waals surface area contributed by atoms with Gasteiger partial charge in [0.1, 0.15) is 9.84 Å². The van der Waals surface area contributed by atoms with Crippen LogP contribution in [0.5, 0.6) is 0 Å². The number of anilines is 2. The number of aryl methyl sites for hydroxylation is 2. The van der Waals surface area contributed by atoms with Crippen molar-refractivity contribution < 1.29 is 21.6 Å². The number of nitrogens with one attached hydrogen (secondary N) is 2. The van der Waals surface area contributed by atoms with Crippen LogP contribution in [0.15, 0.2) is 35.2 Å². The number of carbonyl (C=O) groups excluding carboxylic acids is 1. The molecule has 0 atom stereocenters. The molecule has 0 saturated carbocycles. The van der Waals surface area contributed by atoms with Crippen molar-refractivity contribution in [2.24, 2.45) is 0 Å². The summed E-state index contributed by atoms with van der Waals surface area (Å²) in [6.07, 6.45) is 1.39. The number of hydrogen-bond acceptors (Lipinski definition) is 7. The fraction of sp³-hybridized carbons (Fsp3) is 0.353. The predicted octanol–water partition coefficient (Wildman–Crippen LogP) is 1.66. The summed E-state index contributed by atoms with van der Waals surface area (Å²) in [6.45, 7) is 3.47. The number of amides is 1. The third-order valence-electron chi connectivity index (χ3n) is 3.58. The van der Waals surface area contributed by atoms with Gasteiger partial charge in [-0.1, -0.05) is 0 Å². The van der Waals surface area contributed by atoms with Crippen LogP contribution in [0, 0.1) is 13.8 Å².